The van der Waals surface area contributed by atoms with Crippen molar-refractivity contribution in [2.75, 3.05) is 59.5 Å². The van der Waals surface area contributed by atoms with E-state index in [0.717, 1.165) is 25.6 Å². The summed E-state index contributed by atoms with van der Waals surface area (Å²) in [4.78, 5) is 7.52. The highest BCUT2D eigenvalue weighted by Gasteiger charge is 2.28. The number of likely N-dealkylation sites (N-methyl/N-ethyl adjacent to an activating group) is 1. The van der Waals surface area contributed by atoms with Crippen molar-refractivity contribution in [3.63, 3.8) is 0 Å². The number of hydrogen-bond acceptors (Lipinski definition) is 4. The lowest BCUT2D eigenvalue weighted by Gasteiger charge is -2.40. The zero-order valence-electron chi connectivity index (χ0n) is 13.6. The van der Waals surface area contributed by atoms with E-state index in [0.29, 0.717) is 18.6 Å². The lowest BCUT2D eigenvalue weighted by atomic mass is 9.84. The summed E-state index contributed by atoms with van der Waals surface area (Å²) < 4.78 is 0. The van der Waals surface area contributed by atoms with E-state index in [2.05, 4.69) is 35.6 Å². The molecule has 2 aliphatic heterocycles. The fourth-order valence-electron chi connectivity index (χ4n) is 3.63. The Morgan fingerprint density at radius 1 is 1.00 bits per heavy atom. The van der Waals surface area contributed by atoms with Gasteiger partial charge in [-0.25, -0.2) is 0 Å². The van der Waals surface area contributed by atoms with E-state index >= 15 is 0 Å². The molecule has 0 aromatic carbocycles. The molecule has 20 heavy (non-hydrogen) atoms. The van der Waals surface area contributed by atoms with Crippen LogP contribution in [0.1, 0.15) is 26.7 Å². The Morgan fingerprint density at radius 2 is 1.60 bits per heavy atom. The molecular weight excluding hydrogens is 250 g/mol. The standard InChI is InChI=1S/C16H33N3O/c1-14(2)19-6-4-15(5-7-19)16(13-20)12-18-10-8-17(3)9-11-18/h14-16,20H,4-13H2,1-3H3. The third-order valence-corrected chi connectivity index (χ3v) is 5.29. The molecule has 0 bridgehead atoms. The van der Waals surface area contributed by atoms with Crippen LogP contribution in [-0.4, -0.2) is 85.3 Å². The largest absolute Gasteiger partial charge is 0.396 e. The quantitative estimate of drug-likeness (QED) is 0.814. The lowest BCUT2D eigenvalue weighted by molar-refractivity contribution is 0.0550. The van der Waals surface area contributed by atoms with Crippen molar-refractivity contribution < 1.29 is 5.11 Å². The van der Waals surface area contributed by atoms with Gasteiger partial charge in [0.2, 0.25) is 0 Å². The van der Waals surface area contributed by atoms with E-state index in [4.69, 9.17) is 0 Å². The first kappa shape index (κ1) is 16.2. The SMILES string of the molecule is CC(C)N1CCC(C(CO)CN2CCN(C)CC2)CC1. The summed E-state index contributed by atoms with van der Waals surface area (Å²) in [7, 11) is 2.20. The van der Waals surface area contributed by atoms with Crippen LogP contribution in [0.15, 0.2) is 0 Å². The number of piperidine rings is 1. The van der Waals surface area contributed by atoms with Crippen molar-refractivity contribution in [2.45, 2.75) is 32.7 Å². The maximum atomic E-state index is 9.79. The van der Waals surface area contributed by atoms with E-state index in [1.807, 2.05) is 0 Å². The predicted octanol–water partition coefficient (Wildman–Crippen LogP) is 0.963. The Labute approximate surface area is 124 Å². The van der Waals surface area contributed by atoms with Crippen molar-refractivity contribution >= 4 is 0 Å². The van der Waals surface area contributed by atoms with Crippen molar-refractivity contribution in [3.8, 4) is 0 Å². The van der Waals surface area contributed by atoms with Gasteiger partial charge in [-0.15, -0.1) is 0 Å². The van der Waals surface area contributed by atoms with Crippen LogP contribution in [0, 0.1) is 11.8 Å². The monoisotopic (exact) mass is 283 g/mol. The maximum Gasteiger partial charge on any atom is 0.0474 e. The highest BCUT2D eigenvalue weighted by atomic mass is 16.3. The zero-order valence-corrected chi connectivity index (χ0v) is 13.6. The second kappa shape index (κ2) is 7.74. The average Bonchev–Trinajstić information content (AvgIpc) is 2.47. The molecule has 2 saturated heterocycles. The molecule has 4 heteroatoms. The third-order valence-electron chi connectivity index (χ3n) is 5.29. The molecule has 2 aliphatic rings. The van der Waals surface area contributed by atoms with Gasteiger partial charge < -0.3 is 19.8 Å². The summed E-state index contributed by atoms with van der Waals surface area (Å²) >= 11 is 0. The Morgan fingerprint density at radius 3 is 2.10 bits per heavy atom. The first-order valence-corrected chi connectivity index (χ1v) is 8.36. The molecule has 1 N–H and O–H groups in total. The fourth-order valence-corrected chi connectivity index (χ4v) is 3.63. The van der Waals surface area contributed by atoms with Crippen LogP contribution in [-0.2, 0) is 0 Å². The molecule has 0 amide bonds. The molecule has 2 heterocycles. The number of rotatable bonds is 5. The first-order chi connectivity index (χ1) is 9.60. The fraction of sp³-hybridized carbons (Fsp3) is 1.00. The molecule has 0 aliphatic carbocycles. The van der Waals surface area contributed by atoms with Crippen LogP contribution in [0.25, 0.3) is 0 Å². The van der Waals surface area contributed by atoms with Gasteiger partial charge in [-0.3, -0.25) is 0 Å². The Hall–Kier alpha value is -0.160. The van der Waals surface area contributed by atoms with E-state index < -0.39 is 0 Å². The predicted molar refractivity (Wildman–Crippen MR) is 83.9 cm³/mol. The number of piperazine rings is 1. The molecule has 0 spiro atoms. The number of nitrogens with zero attached hydrogens (tertiary/aromatic N) is 3. The van der Waals surface area contributed by atoms with Gasteiger partial charge in [-0.1, -0.05) is 0 Å². The van der Waals surface area contributed by atoms with Gasteiger partial charge in [0.25, 0.3) is 0 Å². The van der Waals surface area contributed by atoms with Crippen LogP contribution < -0.4 is 0 Å². The van der Waals surface area contributed by atoms with E-state index in [-0.39, 0.29) is 0 Å². The smallest absolute Gasteiger partial charge is 0.0474 e. The molecule has 4 nitrogen and oxygen atoms in total. The zero-order chi connectivity index (χ0) is 14.5. The van der Waals surface area contributed by atoms with Gasteiger partial charge in [-0.2, -0.15) is 0 Å². The summed E-state index contributed by atoms with van der Waals surface area (Å²) in [6, 6.07) is 0.668. The molecule has 2 rings (SSSR count). The Bertz CT molecular complexity index is 269. The van der Waals surface area contributed by atoms with Crippen LogP contribution >= 0.6 is 0 Å². The van der Waals surface area contributed by atoms with Gasteiger partial charge in [0, 0.05) is 45.4 Å². The minimum atomic E-state index is 0.360. The molecule has 1 unspecified atom stereocenters. The molecule has 0 aromatic rings. The highest BCUT2D eigenvalue weighted by Crippen LogP contribution is 2.26. The van der Waals surface area contributed by atoms with Gasteiger partial charge >= 0.3 is 0 Å². The molecule has 0 saturated carbocycles. The molecule has 2 fully saturated rings. The van der Waals surface area contributed by atoms with Crippen molar-refractivity contribution in [1.29, 1.82) is 0 Å². The number of likely N-dealkylation sites (tertiary alicyclic amines) is 1. The van der Waals surface area contributed by atoms with E-state index in [9.17, 15) is 5.11 Å². The second-order valence-electron chi connectivity index (χ2n) is 7.01. The topological polar surface area (TPSA) is 30.0 Å². The summed E-state index contributed by atoms with van der Waals surface area (Å²) in [5.74, 6) is 1.20. The van der Waals surface area contributed by atoms with Gasteiger partial charge in [0.15, 0.2) is 0 Å². The van der Waals surface area contributed by atoms with Crippen molar-refractivity contribution in [3.05, 3.63) is 0 Å². The molecule has 118 valence electrons. The van der Waals surface area contributed by atoms with Crippen molar-refractivity contribution in [2.24, 2.45) is 11.8 Å². The lowest BCUT2D eigenvalue weighted by Crippen LogP contribution is -2.48. The van der Waals surface area contributed by atoms with Crippen molar-refractivity contribution in [1.82, 2.24) is 14.7 Å². The normalized spacial score (nSPS) is 26.2. The summed E-state index contributed by atoms with van der Waals surface area (Å²) in [5, 5.41) is 9.79. The Balaban J connectivity index is 1.77. The van der Waals surface area contributed by atoms with Crippen LogP contribution in [0.5, 0.6) is 0 Å². The van der Waals surface area contributed by atoms with E-state index in [1.54, 1.807) is 0 Å². The number of hydrogen-bond donors (Lipinski definition) is 1. The number of aliphatic hydroxyl groups is 1. The molecular formula is C16H33N3O. The number of aliphatic hydroxyl groups excluding tert-OH is 1. The molecule has 1 atom stereocenters. The summed E-state index contributed by atoms with van der Waals surface area (Å²) in [6.45, 7) is 13.1. The van der Waals surface area contributed by atoms with Crippen LogP contribution in [0.3, 0.4) is 0 Å². The Kier molecular flexibility index (Phi) is 6.27. The average molecular weight is 283 g/mol. The minimum absolute atomic E-state index is 0.360. The van der Waals surface area contributed by atoms with Gasteiger partial charge in [0.1, 0.15) is 0 Å². The summed E-state index contributed by atoms with van der Waals surface area (Å²) in [6.07, 6.45) is 2.52. The minimum Gasteiger partial charge on any atom is -0.396 e. The van der Waals surface area contributed by atoms with Crippen LogP contribution in [0.4, 0.5) is 0 Å². The van der Waals surface area contributed by atoms with E-state index in [1.165, 1.54) is 39.0 Å². The first-order valence-electron chi connectivity index (χ1n) is 8.36. The summed E-state index contributed by atoms with van der Waals surface area (Å²) in [5.41, 5.74) is 0. The van der Waals surface area contributed by atoms with Gasteiger partial charge in [-0.05, 0) is 58.7 Å². The van der Waals surface area contributed by atoms with Gasteiger partial charge in [0.05, 0.1) is 0 Å². The molecule has 0 aromatic heterocycles. The third kappa shape index (κ3) is 4.42. The second-order valence-corrected chi connectivity index (χ2v) is 7.01. The molecule has 0 radical (unpaired) electrons. The van der Waals surface area contributed by atoms with Crippen LogP contribution in [0.2, 0.25) is 0 Å². The highest BCUT2D eigenvalue weighted by molar-refractivity contribution is 4.82. The maximum absolute atomic E-state index is 9.79.